The van der Waals surface area contributed by atoms with Crippen LogP contribution in [0.25, 0.3) is 33.4 Å². The number of hydrogen-bond acceptors (Lipinski definition) is 7. The minimum atomic E-state index is -0.456. The van der Waals surface area contributed by atoms with Gasteiger partial charge >= 0.3 is 11.9 Å². The molecule has 0 spiro atoms. The summed E-state index contributed by atoms with van der Waals surface area (Å²) >= 11 is 12.5. The van der Waals surface area contributed by atoms with Crippen LogP contribution in [0.5, 0.6) is 5.75 Å². The van der Waals surface area contributed by atoms with Crippen molar-refractivity contribution in [2.45, 2.75) is 70.6 Å². The van der Waals surface area contributed by atoms with Crippen LogP contribution < -0.4 is 5.43 Å². The second kappa shape index (κ2) is 15.6. The molecule has 2 bridgehead atoms. The molecule has 3 atom stereocenters. The molecule has 1 aliphatic heterocycles. The zero-order chi connectivity index (χ0) is 33.6. The van der Waals surface area contributed by atoms with Crippen LogP contribution in [0.15, 0.2) is 69.9 Å². The minimum Gasteiger partial charge on any atom is -0.506 e. The topological polar surface area (TPSA) is 103 Å². The van der Waals surface area contributed by atoms with E-state index in [4.69, 9.17) is 37.1 Å². The van der Waals surface area contributed by atoms with Crippen LogP contribution in [0, 0.1) is 17.8 Å². The monoisotopic (exact) mass is 690 g/mol. The van der Waals surface area contributed by atoms with Crippen LogP contribution >= 0.6 is 23.2 Å². The van der Waals surface area contributed by atoms with Gasteiger partial charge in [-0.25, -0.2) is 4.79 Å². The van der Waals surface area contributed by atoms with Crippen molar-refractivity contribution in [2.24, 2.45) is 17.8 Å². The van der Waals surface area contributed by atoms with Gasteiger partial charge in [-0.2, -0.15) is 0 Å². The smallest absolute Gasteiger partial charge is 0.338 e. The van der Waals surface area contributed by atoms with Gasteiger partial charge in [-0.05, 0) is 61.3 Å². The Bertz CT molecular complexity index is 1840. The molecule has 3 unspecified atom stereocenters. The van der Waals surface area contributed by atoms with Gasteiger partial charge in [-0.1, -0.05) is 98.5 Å². The zero-order valence-corrected chi connectivity index (χ0v) is 28.4. The third-order valence-corrected chi connectivity index (χ3v) is 10.2. The lowest BCUT2D eigenvalue weighted by atomic mass is 9.91. The Labute approximate surface area is 290 Å². The van der Waals surface area contributed by atoms with Gasteiger partial charge in [-0.3, -0.25) is 9.59 Å². The van der Waals surface area contributed by atoms with Crippen LogP contribution in [-0.4, -0.2) is 30.3 Å². The summed E-state index contributed by atoms with van der Waals surface area (Å²) in [6.07, 6.45) is 15.9. The van der Waals surface area contributed by atoms with Gasteiger partial charge in [0.2, 0.25) is 5.43 Å². The predicted octanol–water partition coefficient (Wildman–Crippen LogP) is 10.0. The summed E-state index contributed by atoms with van der Waals surface area (Å²) in [5.74, 6) is 0.706. The first kappa shape index (κ1) is 34.1. The number of ether oxygens (including phenoxy) is 2. The highest BCUT2D eigenvalue weighted by atomic mass is 35.5. The molecule has 1 fully saturated rings. The van der Waals surface area contributed by atoms with E-state index in [2.05, 4.69) is 12.2 Å². The van der Waals surface area contributed by atoms with Crippen LogP contribution in [0.2, 0.25) is 10.0 Å². The maximum atomic E-state index is 13.4. The Morgan fingerprint density at radius 1 is 0.792 bits per heavy atom. The Hall–Kier alpha value is -3.81. The van der Waals surface area contributed by atoms with Gasteiger partial charge in [0.15, 0.2) is 0 Å². The Morgan fingerprint density at radius 2 is 1.48 bits per heavy atom. The number of phenolic OH excluding ortho intramolecular Hbond substituents is 1. The summed E-state index contributed by atoms with van der Waals surface area (Å²) < 4.78 is 17.2. The summed E-state index contributed by atoms with van der Waals surface area (Å²) in [6.45, 7) is 0.838. The highest BCUT2D eigenvalue weighted by molar-refractivity contribution is 6.33. The molecule has 3 aliphatic carbocycles. The molecule has 9 heteroatoms. The van der Waals surface area contributed by atoms with E-state index in [1.807, 2.05) is 6.07 Å². The van der Waals surface area contributed by atoms with Gasteiger partial charge in [0.25, 0.3) is 0 Å². The summed E-state index contributed by atoms with van der Waals surface area (Å²) in [6, 6.07) is 12.9. The van der Waals surface area contributed by atoms with E-state index in [-0.39, 0.29) is 33.4 Å². The van der Waals surface area contributed by atoms with Crippen molar-refractivity contribution in [3.8, 4) is 28.2 Å². The number of phenols is 1. The molecule has 48 heavy (non-hydrogen) atoms. The third kappa shape index (κ3) is 7.74. The zero-order valence-electron chi connectivity index (χ0n) is 26.9. The number of benzene rings is 3. The van der Waals surface area contributed by atoms with Crippen molar-refractivity contribution in [1.82, 2.24) is 0 Å². The van der Waals surface area contributed by atoms with Crippen molar-refractivity contribution in [1.29, 1.82) is 0 Å². The number of fused-ring (bicyclic) bond motifs is 4. The summed E-state index contributed by atoms with van der Waals surface area (Å²) in [5, 5.41) is 10.9. The summed E-state index contributed by atoms with van der Waals surface area (Å²) in [7, 11) is 0. The van der Waals surface area contributed by atoms with E-state index in [1.165, 1.54) is 24.6 Å². The number of rotatable bonds is 15. The van der Waals surface area contributed by atoms with E-state index in [0.717, 1.165) is 64.2 Å². The third-order valence-electron chi connectivity index (χ3n) is 9.61. The van der Waals surface area contributed by atoms with E-state index < -0.39 is 11.4 Å². The second-order valence-electron chi connectivity index (χ2n) is 13.0. The van der Waals surface area contributed by atoms with Crippen molar-refractivity contribution in [3.05, 3.63) is 86.5 Å². The number of unbranched alkanes of at least 4 members (excludes halogenated alkanes) is 8. The van der Waals surface area contributed by atoms with Gasteiger partial charge < -0.3 is 19.0 Å². The van der Waals surface area contributed by atoms with E-state index >= 15 is 0 Å². The number of carbonyl (C=O) groups excluding carboxylic acids is 2. The van der Waals surface area contributed by atoms with E-state index in [9.17, 15) is 19.5 Å². The normalized spacial score (nSPS) is 18.2. The predicted molar refractivity (Wildman–Crippen MR) is 188 cm³/mol. The first-order valence-corrected chi connectivity index (χ1v) is 17.8. The molecule has 0 aromatic heterocycles. The van der Waals surface area contributed by atoms with E-state index in [0.29, 0.717) is 58.3 Å². The van der Waals surface area contributed by atoms with Crippen LogP contribution in [0.3, 0.4) is 0 Å². The first-order valence-electron chi connectivity index (χ1n) is 17.0. The molecule has 0 radical (unpaired) electrons. The molecule has 1 heterocycles. The number of hydrogen-bond donors (Lipinski definition) is 1. The number of carbonyl (C=O) groups is 2. The van der Waals surface area contributed by atoms with E-state index in [1.54, 1.807) is 24.3 Å². The SMILES string of the molecule is O=C(OCCCCCCCCCCCOC(=O)C1CC2C=CC1C2)c1ccccc1-c1c2cc(Cl)c(=O)cc-2oc2cc(O)c(Cl)cc12. The summed E-state index contributed by atoms with van der Waals surface area (Å²) in [4.78, 5) is 38.0. The maximum absolute atomic E-state index is 13.4. The van der Waals surface area contributed by atoms with Crippen LogP contribution in [0.1, 0.15) is 81.0 Å². The molecular formula is C39H40Cl2O7. The maximum Gasteiger partial charge on any atom is 0.338 e. The lowest BCUT2D eigenvalue weighted by Crippen LogP contribution is -2.21. The number of esters is 2. The highest BCUT2D eigenvalue weighted by Crippen LogP contribution is 2.45. The van der Waals surface area contributed by atoms with Crippen LogP contribution in [0.4, 0.5) is 0 Å². The van der Waals surface area contributed by atoms with Crippen molar-refractivity contribution >= 4 is 46.1 Å². The fourth-order valence-electron chi connectivity index (χ4n) is 7.09. The van der Waals surface area contributed by atoms with Crippen molar-refractivity contribution < 1.29 is 28.6 Å². The van der Waals surface area contributed by atoms with Crippen molar-refractivity contribution in [2.75, 3.05) is 13.2 Å². The highest BCUT2D eigenvalue weighted by Gasteiger charge is 2.40. The van der Waals surface area contributed by atoms with Gasteiger partial charge in [0.05, 0.1) is 34.7 Å². The molecule has 1 saturated carbocycles. The average molecular weight is 692 g/mol. The largest absolute Gasteiger partial charge is 0.506 e. The molecular weight excluding hydrogens is 651 g/mol. The molecule has 4 aliphatic rings. The minimum absolute atomic E-state index is 0.00558. The molecule has 0 amide bonds. The molecule has 252 valence electrons. The fourth-order valence-corrected chi connectivity index (χ4v) is 7.41. The number of aromatic hydroxyl groups is 1. The molecule has 2 aromatic carbocycles. The Balaban J connectivity index is 0.946. The fraction of sp³-hybridized carbons (Fsp3) is 0.410. The van der Waals surface area contributed by atoms with Crippen LogP contribution in [-0.2, 0) is 14.3 Å². The number of halogens is 2. The standard InChI is InChI=1S/C39H40Cl2O7/c40-31-20-29-35(22-33(31)42)48-36-23-34(43)32(41)21-30(36)37(29)26-12-8-9-13-27(26)38(44)46-16-10-6-4-2-1-3-5-7-11-17-47-39(45)28-19-24-14-15-25(28)18-24/h8-9,12-15,20-25,28,42H,1-7,10-11,16-19H2. The van der Waals surface area contributed by atoms with Gasteiger partial charge in [0, 0.05) is 28.6 Å². The second-order valence-corrected chi connectivity index (χ2v) is 13.8. The molecule has 0 saturated heterocycles. The summed E-state index contributed by atoms with van der Waals surface area (Å²) in [5.41, 5.74) is 1.95. The quantitative estimate of drug-likeness (QED) is 0.0573. The van der Waals surface area contributed by atoms with Crippen molar-refractivity contribution in [3.63, 3.8) is 0 Å². The first-order chi connectivity index (χ1) is 23.3. The van der Waals surface area contributed by atoms with Gasteiger partial charge in [-0.15, -0.1) is 0 Å². The lowest BCUT2D eigenvalue weighted by molar-refractivity contribution is -0.149. The average Bonchev–Trinajstić information content (AvgIpc) is 3.72. The Kier molecular flexibility index (Phi) is 11.1. The molecule has 1 N–H and O–H groups in total. The molecule has 2 aromatic rings. The Morgan fingerprint density at radius 3 is 2.17 bits per heavy atom. The lowest BCUT2D eigenvalue weighted by Gasteiger charge is -2.18. The molecule has 7 nitrogen and oxygen atoms in total. The molecule has 6 rings (SSSR count). The number of allylic oxidation sites excluding steroid dienone is 2. The van der Waals surface area contributed by atoms with Gasteiger partial charge in [0.1, 0.15) is 17.1 Å².